The summed E-state index contributed by atoms with van der Waals surface area (Å²) >= 11 is 7.21. The smallest absolute Gasteiger partial charge is 0.261 e. The maximum Gasteiger partial charge on any atom is 0.261 e. The predicted molar refractivity (Wildman–Crippen MR) is 85.2 cm³/mol. The number of benzene rings is 1. The minimum absolute atomic E-state index is 0.117. The van der Waals surface area contributed by atoms with Gasteiger partial charge in [-0.2, -0.15) is 0 Å². The molecule has 4 nitrogen and oxygen atoms in total. The number of thiophene rings is 1. The predicted octanol–water partition coefficient (Wildman–Crippen LogP) is 2.87. The Morgan fingerprint density at radius 2 is 1.62 bits per heavy atom. The number of carbonyl (C=O) groups is 2. The van der Waals surface area contributed by atoms with Crippen LogP contribution in [0.3, 0.4) is 0 Å². The fraction of sp³-hybridized carbons (Fsp3) is 0.200. The van der Waals surface area contributed by atoms with Gasteiger partial charge >= 0.3 is 0 Å². The maximum atomic E-state index is 11.8. The first-order valence-electron chi connectivity index (χ1n) is 6.44. The van der Waals surface area contributed by atoms with Gasteiger partial charge in [0.15, 0.2) is 0 Å². The highest BCUT2D eigenvalue weighted by Gasteiger charge is 2.08. The van der Waals surface area contributed by atoms with Crippen LogP contribution in [0.4, 0.5) is 0 Å². The van der Waals surface area contributed by atoms with E-state index < -0.39 is 0 Å². The van der Waals surface area contributed by atoms with E-state index in [1.54, 1.807) is 30.3 Å². The number of amides is 2. The summed E-state index contributed by atoms with van der Waals surface area (Å²) in [5.41, 5.74) is 0.541. The molecular weight excluding hydrogens is 308 g/mol. The van der Waals surface area contributed by atoms with Gasteiger partial charge in [-0.05, 0) is 43.3 Å². The number of aryl methyl sites for hydroxylation is 1. The molecule has 0 radical (unpaired) electrons. The Balaban J connectivity index is 1.73. The topological polar surface area (TPSA) is 58.2 Å². The van der Waals surface area contributed by atoms with Crippen molar-refractivity contribution in [2.45, 2.75) is 6.92 Å². The van der Waals surface area contributed by atoms with Gasteiger partial charge in [-0.25, -0.2) is 0 Å². The van der Waals surface area contributed by atoms with Gasteiger partial charge in [0, 0.05) is 28.6 Å². The zero-order valence-electron chi connectivity index (χ0n) is 11.5. The molecule has 110 valence electrons. The molecule has 0 aliphatic rings. The highest BCUT2D eigenvalue weighted by Crippen LogP contribution is 2.14. The normalized spacial score (nSPS) is 10.2. The van der Waals surface area contributed by atoms with E-state index in [0.29, 0.717) is 28.6 Å². The van der Waals surface area contributed by atoms with E-state index in [0.717, 1.165) is 4.88 Å². The number of hydrogen-bond acceptors (Lipinski definition) is 3. The molecule has 0 unspecified atom stereocenters. The molecule has 0 bridgehead atoms. The Hall–Kier alpha value is -1.85. The third kappa shape index (κ3) is 4.58. The summed E-state index contributed by atoms with van der Waals surface area (Å²) in [5, 5.41) is 6.09. The van der Waals surface area contributed by atoms with Crippen molar-refractivity contribution in [2.75, 3.05) is 13.1 Å². The second kappa shape index (κ2) is 7.24. The van der Waals surface area contributed by atoms with Gasteiger partial charge in [-0.3, -0.25) is 9.59 Å². The van der Waals surface area contributed by atoms with Crippen LogP contribution in [0.25, 0.3) is 0 Å². The van der Waals surface area contributed by atoms with Crippen LogP contribution in [-0.2, 0) is 0 Å². The van der Waals surface area contributed by atoms with Gasteiger partial charge in [0.05, 0.1) is 4.88 Å². The van der Waals surface area contributed by atoms with Crippen molar-refractivity contribution in [3.63, 3.8) is 0 Å². The van der Waals surface area contributed by atoms with E-state index in [1.807, 2.05) is 13.0 Å². The molecule has 2 amide bonds. The SMILES string of the molecule is Cc1ccc(C(=O)NCCNC(=O)c2ccc(Cl)cc2)s1. The van der Waals surface area contributed by atoms with E-state index in [4.69, 9.17) is 11.6 Å². The lowest BCUT2D eigenvalue weighted by atomic mass is 10.2. The maximum absolute atomic E-state index is 11.8. The monoisotopic (exact) mass is 322 g/mol. The molecule has 0 saturated carbocycles. The van der Waals surface area contributed by atoms with Crippen molar-refractivity contribution >= 4 is 34.8 Å². The average molecular weight is 323 g/mol. The molecule has 2 aromatic rings. The second-order valence-corrected chi connectivity index (χ2v) is 6.15. The molecule has 0 atom stereocenters. The van der Waals surface area contributed by atoms with Crippen molar-refractivity contribution in [1.82, 2.24) is 10.6 Å². The third-order valence-corrected chi connectivity index (χ3v) is 4.02. The minimum atomic E-state index is -0.187. The summed E-state index contributed by atoms with van der Waals surface area (Å²) in [6, 6.07) is 10.3. The van der Waals surface area contributed by atoms with Gasteiger partial charge < -0.3 is 10.6 Å². The molecule has 21 heavy (non-hydrogen) atoms. The molecule has 1 aromatic carbocycles. The molecule has 0 fully saturated rings. The number of halogens is 1. The Morgan fingerprint density at radius 3 is 2.19 bits per heavy atom. The van der Waals surface area contributed by atoms with Crippen LogP contribution in [0.2, 0.25) is 5.02 Å². The number of rotatable bonds is 5. The number of nitrogens with one attached hydrogen (secondary N) is 2. The Morgan fingerprint density at radius 1 is 1.00 bits per heavy atom. The van der Waals surface area contributed by atoms with Gasteiger partial charge in [-0.1, -0.05) is 11.6 Å². The van der Waals surface area contributed by atoms with Crippen molar-refractivity contribution in [1.29, 1.82) is 0 Å². The van der Waals surface area contributed by atoms with Gasteiger partial charge in [0.1, 0.15) is 0 Å². The average Bonchev–Trinajstić information content (AvgIpc) is 2.90. The summed E-state index contributed by atoms with van der Waals surface area (Å²) in [5.74, 6) is -0.304. The van der Waals surface area contributed by atoms with Crippen molar-refractivity contribution < 1.29 is 9.59 Å². The first kappa shape index (κ1) is 15.5. The quantitative estimate of drug-likeness (QED) is 0.832. The Labute approximate surface area is 132 Å². The number of hydrogen-bond donors (Lipinski definition) is 2. The molecule has 0 saturated heterocycles. The first-order valence-corrected chi connectivity index (χ1v) is 7.64. The van der Waals surface area contributed by atoms with E-state index in [2.05, 4.69) is 10.6 Å². The van der Waals surface area contributed by atoms with Crippen LogP contribution in [0, 0.1) is 6.92 Å². The van der Waals surface area contributed by atoms with Crippen LogP contribution in [0.1, 0.15) is 24.9 Å². The molecular formula is C15H15ClN2O2S. The second-order valence-electron chi connectivity index (χ2n) is 4.43. The van der Waals surface area contributed by atoms with Crippen LogP contribution in [-0.4, -0.2) is 24.9 Å². The van der Waals surface area contributed by atoms with Gasteiger partial charge in [0.2, 0.25) is 0 Å². The summed E-state index contributed by atoms with van der Waals surface area (Å²) < 4.78 is 0. The lowest BCUT2D eigenvalue weighted by molar-refractivity contribution is 0.0929. The van der Waals surface area contributed by atoms with Crippen LogP contribution >= 0.6 is 22.9 Å². The van der Waals surface area contributed by atoms with E-state index in [-0.39, 0.29) is 11.8 Å². The lowest BCUT2D eigenvalue weighted by Gasteiger charge is -2.06. The molecule has 2 rings (SSSR count). The van der Waals surface area contributed by atoms with Gasteiger partial charge in [0.25, 0.3) is 11.8 Å². The molecule has 6 heteroatoms. The first-order chi connectivity index (χ1) is 10.1. The van der Waals surface area contributed by atoms with Gasteiger partial charge in [-0.15, -0.1) is 11.3 Å². The highest BCUT2D eigenvalue weighted by molar-refractivity contribution is 7.13. The molecule has 1 aromatic heterocycles. The summed E-state index contributed by atoms with van der Waals surface area (Å²) in [7, 11) is 0. The Bertz CT molecular complexity index is 637. The molecule has 0 spiro atoms. The molecule has 1 heterocycles. The van der Waals surface area contributed by atoms with Crippen LogP contribution in [0.5, 0.6) is 0 Å². The Kier molecular flexibility index (Phi) is 5.36. The molecule has 0 aliphatic carbocycles. The standard InChI is InChI=1S/C15H15ClN2O2S/c1-10-2-7-13(21-10)15(20)18-9-8-17-14(19)11-3-5-12(16)6-4-11/h2-7H,8-9H2,1H3,(H,17,19)(H,18,20). The largest absolute Gasteiger partial charge is 0.350 e. The fourth-order valence-electron chi connectivity index (χ4n) is 1.70. The number of carbonyl (C=O) groups excluding carboxylic acids is 2. The summed E-state index contributed by atoms with van der Waals surface area (Å²) in [4.78, 5) is 25.4. The van der Waals surface area contributed by atoms with Crippen molar-refractivity contribution in [2.24, 2.45) is 0 Å². The third-order valence-electron chi connectivity index (χ3n) is 2.77. The van der Waals surface area contributed by atoms with Crippen molar-refractivity contribution in [3.8, 4) is 0 Å². The minimum Gasteiger partial charge on any atom is -0.350 e. The lowest BCUT2D eigenvalue weighted by Crippen LogP contribution is -2.34. The fourth-order valence-corrected chi connectivity index (χ4v) is 2.61. The van der Waals surface area contributed by atoms with Crippen LogP contribution < -0.4 is 10.6 Å². The molecule has 2 N–H and O–H groups in total. The van der Waals surface area contributed by atoms with E-state index >= 15 is 0 Å². The summed E-state index contributed by atoms with van der Waals surface area (Å²) in [6.45, 7) is 2.71. The zero-order valence-corrected chi connectivity index (χ0v) is 13.1. The summed E-state index contributed by atoms with van der Waals surface area (Å²) in [6.07, 6.45) is 0. The highest BCUT2D eigenvalue weighted by atomic mass is 35.5. The van der Waals surface area contributed by atoms with E-state index in [9.17, 15) is 9.59 Å². The van der Waals surface area contributed by atoms with Crippen LogP contribution in [0.15, 0.2) is 36.4 Å². The van der Waals surface area contributed by atoms with Crippen molar-refractivity contribution in [3.05, 3.63) is 56.7 Å². The zero-order chi connectivity index (χ0) is 15.2. The van der Waals surface area contributed by atoms with E-state index in [1.165, 1.54) is 11.3 Å². The molecule has 0 aliphatic heterocycles.